The molecule has 0 unspecified atom stereocenters. The summed E-state index contributed by atoms with van der Waals surface area (Å²) in [5.74, 6) is 0.188. The maximum atomic E-state index is 13.4. The van der Waals surface area contributed by atoms with Crippen molar-refractivity contribution in [1.29, 1.82) is 0 Å². The minimum Gasteiger partial charge on any atom is -0.459 e. The second-order valence-corrected chi connectivity index (χ2v) is 8.39. The molecular formula is C24H29FN2O3. The third-order valence-electron chi connectivity index (χ3n) is 6.47. The first kappa shape index (κ1) is 20.6. The van der Waals surface area contributed by atoms with E-state index in [0.717, 1.165) is 24.8 Å². The van der Waals surface area contributed by atoms with Gasteiger partial charge in [-0.15, -0.1) is 0 Å². The van der Waals surface area contributed by atoms with Crippen molar-refractivity contribution in [3.05, 3.63) is 59.8 Å². The SMILES string of the molecule is O=C(c1ccco1)N1CCC(C(=O)N(CCc2ccc(F)cc2)C2CCCC2)CC1. The summed E-state index contributed by atoms with van der Waals surface area (Å²) in [6, 6.07) is 10.2. The molecule has 2 amide bonds. The van der Waals surface area contributed by atoms with E-state index >= 15 is 0 Å². The van der Waals surface area contributed by atoms with E-state index in [9.17, 15) is 14.0 Å². The molecule has 2 heterocycles. The zero-order valence-electron chi connectivity index (χ0n) is 17.3. The van der Waals surface area contributed by atoms with E-state index in [1.165, 1.54) is 31.2 Å². The number of likely N-dealkylation sites (tertiary alicyclic amines) is 1. The molecule has 5 nitrogen and oxygen atoms in total. The van der Waals surface area contributed by atoms with E-state index in [1.807, 2.05) is 0 Å². The Balaban J connectivity index is 1.36. The molecule has 0 radical (unpaired) electrons. The lowest BCUT2D eigenvalue weighted by molar-refractivity contribution is -0.139. The van der Waals surface area contributed by atoms with Crippen LogP contribution in [0.25, 0.3) is 0 Å². The molecule has 0 N–H and O–H groups in total. The standard InChI is InChI=1S/C24H29FN2O3/c25-20-9-7-18(8-10-20)11-16-27(21-4-1-2-5-21)23(28)19-12-14-26(15-13-19)24(29)22-6-3-17-30-22/h3,6-10,17,19,21H,1-2,4-5,11-16H2. The Morgan fingerprint density at radius 2 is 1.73 bits per heavy atom. The highest BCUT2D eigenvalue weighted by Gasteiger charge is 2.34. The van der Waals surface area contributed by atoms with Gasteiger partial charge in [-0.1, -0.05) is 25.0 Å². The number of halogens is 1. The number of benzene rings is 1. The Morgan fingerprint density at radius 1 is 1.03 bits per heavy atom. The molecule has 0 bridgehead atoms. The maximum absolute atomic E-state index is 13.4. The first-order valence-corrected chi connectivity index (χ1v) is 11.0. The van der Waals surface area contributed by atoms with Gasteiger partial charge in [-0.2, -0.15) is 0 Å². The van der Waals surface area contributed by atoms with Gasteiger partial charge in [-0.05, 0) is 61.9 Å². The lowest BCUT2D eigenvalue weighted by atomic mass is 9.94. The molecular weight excluding hydrogens is 383 g/mol. The summed E-state index contributed by atoms with van der Waals surface area (Å²) in [6.45, 7) is 1.82. The van der Waals surface area contributed by atoms with E-state index < -0.39 is 0 Å². The Morgan fingerprint density at radius 3 is 2.37 bits per heavy atom. The second kappa shape index (κ2) is 9.45. The molecule has 2 aliphatic rings. The van der Waals surface area contributed by atoms with Crippen LogP contribution < -0.4 is 0 Å². The second-order valence-electron chi connectivity index (χ2n) is 8.39. The number of nitrogens with zero attached hydrogens (tertiary/aromatic N) is 2. The van der Waals surface area contributed by atoms with Crippen LogP contribution in [0.2, 0.25) is 0 Å². The molecule has 1 aliphatic carbocycles. The fraction of sp³-hybridized carbons (Fsp3) is 0.500. The van der Waals surface area contributed by atoms with E-state index in [2.05, 4.69) is 4.90 Å². The first-order chi connectivity index (χ1) is 14.6. The van der Waals surface area contributed by atoms with Crippen LogP contribution in [-0.4, -0.2) is 47.3 Å². The van der Waals surface area contributed by atoms with Crippen LogP contribution in [0.5, 0.6) is 0 Å². The fourth-order valence-electron chi connectivity index (χ4n) is 4.71. The fourth-order valence-corrected chi connectivity index (χ4v) is 4.71. The van der Waals surface area contributed by atoms with Crippen molar-refractivity contribution in [3.8, 4) is 0 Å². The maximum Gasteiger partial charge on any atom is 0.289 e. The molecule has 1 saturated heterocycles. The molecule has 0 spiro atoms. The zero-order chi connectivity index (χ0) is 20.9. The summed E-state index contributed by atoms with van der Waals surface area (Å²) in [6.07, 6.45) is 8.07. The van der Waals surface area contributed by atoms with Crippen LogP contribution in [-0.2, 0) is 11.2 Å². The minimum absolute atomic E-state index is 0.0422. The number of furan rings is 1. The van der Waals surface area contributed by atoms with Crippen LogP contribution in [0.15, 0.2) is 47.1 Å². The Bertz CT molecular complexity index is 836. The zero-order valence-corrected chi connectivity index (χ0v) is 17.3. The third kappa shape index (κ3) is 4.74. The van der Waals surface area contributed by atoms with Gasteiger partial charge in [0.1, 0.15) is 5.82 Å². The van der Waals surface area contributed by atoms with Gasteiger partial charge in [-0.3, -0.25) is 9.59 Å². The van der Waals surface area contributed by atoms with E-state index in [1.54, 1.807) is 29.2 Å². The lowest BCUT2D eigenvalue weighted by Crippen LogP contribution is -2.47. The Hall–Kier alpha value is -2.63. The molecule has 0 atom stereocenters. The molecule has 1 saturated carbocycles. The highest BCUT2D eigenvalue weighted by Crippen LogP contribution is 2.28. The summed E-state index contributed by atoms with van der Waals surface area (Å²) in [5, 5.41) is 0. The molecule has 1 aliphatic heterocycles. The van der Waals surface area contributed by atoms with Gasteiger partial charge in [0.25, 0.3) is 5.91 Å². The van der Waals surface area contributed by atoms with Crippen molar-refractivity contribution in [2.24, 2.45) is 5.92 Å². The molecule has 160 valence electrons. The number of piperidine rings is 1. The van der Waals surface area contributed by atoms with E-state index in [4.69, 9.17) is 4.42 Å². The van der Waals surface area contributed by atoms with E-state index in [-0.39, 0.29) is 23.5 Å². The number of carbonyl (C=O) groups excluding carboxylic acids is 2. The summed E-state index contributed by atoms with van der Waals surface area (Å²) in [4.78, 5) is 29.7. The van der Waals surface area contributed by atoms with Crippen molar-refractivity contribution in [3.63, 3.8) is 0 Å². The molecule has 1 aromatic carbocycles. The van der Waals surface area contributed by atoms with Crippen LogP contribution in [0.3, 0.4) is 0 Å². The molecule has 4 rings (SSSR count). The van der Waals surface area contributed by atoms with Gasteiger partial charge in [-0.25, -0.2) is 4.39 Å². The van der Waals surface area contributed by atoms with Crippen LogP contribution >= 0.6 is 0 Å². The summed E-state index contributed by atoms with van der Waals surface area (Å²) in [7, 11) is 0. The first-order valence-electron chi connectivity index (χ1n) is 11.0. The van der Waals surface area contributed by atoms with E-state index in [0.29, 0.717) is 44.3 Å². The van der Waals surface area contributed by atoms with Crippen LogP contribution in [0, 0.1) is 11.7 Å². The monoisotopic (exact) mass is 412 g/mol. The number of carbonyl (C=O) groups is 2. The highest BCUT2D eigenvalue weighted by atomic mass is 19.1. The van der Waals surface area contributed by atoms with Crippen LogP contribution in [0.1, 0.15) is 54.6 Å². The topological polar surface area (TPSA) is 53.8 Å². The lowest BCUT2D eigenvalue weighted by Gasteiger charge is -2.36. The summed E-state index contributed by atoms with van der Waals surface area (Å²) >= 11 is 0. The molecule has 2 aromatic rings. The van der Waals surface area contributed by atoms with Gasteiger partial charge in [0.2, 0.25) is 5.91 Å². The van der Waals surface area contributed by atoms with Crippen molar-refractivity contribution in [1.82, 2.24) is 9.80 Å². The van der Waals surface area contributed by atoms with Crippen molar-refractivity contribution in [2.75, 3.05) is 19.6 Å². The van der Waals surface area contributed by atoms with Gasteiger partial charge in [0.05, 0.1) is 6.26 Å². The highest BCUT2D eigenvalue weighted by molar-refractivity contribution is 5.91. The molecule has 2 fully saturated rings. The van der Waals surface area contributed by atoms with Crippen molar-refractivity contribution in [2.45, 2.75) is 51.0 Å². The largest absolute Gasteiger partial charge is 0.459 e. The summed E-state index contributed by atoms with van der Waals surface area (Å²) < 4.78 is 18.4. The quantitative estimate of drug-likeness (QED) is 0.711. The smallest absolute Gasteiger partial charge is 0.289 e. The van der Waals surface area contributed by atoms with Gasteiger partial charge in [0.15, 0.2) is 5.76 Å². The average molecular weight is 413 g/mol. The van der Waals surface area contributed by atoms with Crippen LogP contribution in [0.4, 0.5) is 4.39 Å². The molecule has 30 heavy (non-hydrogen) atoms. The third-order valence-corrected chi connectivity index (χ3v) is 6.47. The number of rotatable bonds is 6. The molecule has 6 heteroatoms. The van der Waals surface area contributed by atoms with Crippen molar-refractivity contribution >= 4 is 11.8 Å². The predicted octanol–water partition coefficient (Wildman–Crippen LogP) is 4.28. The Kier molecular flexibility index (Phi) is 6.50. The average Bonchev–Trinajstić information content (AvgIpc) is 3.49. The van der Waals surface area contributed by atoms with Gasteiger partial charge >= 0.3 is 0 Å². The number of amides is 2. The predicted molar refractivity (Wildman–Crippen MR) is 111 cm³/mol. The van der Waals surface area contributed by atoms with Gasteiger partial charge < -0.3 is 14.2 Å². The van der Waals surface area contributed by atoms with Crippen molar-refractivity contribution < 1.29 is 18.4 Å². The van der Waals surface area contributed by atoms with Gasteiger partial charge in [0, 0.05) is 31.6 Å². The minimum atomic E-state index is -0.238. The molecule has 1 aromatic heterocycles. The number of hydrogen-bond donors (Lipinski definition) is 0. The normalized spacial score (nSPS) is 18.0. The Labute approximate surface area is 176 Å². The number of hydrogen-bond acceptors (Lipinski definition) is 3. The summed E-state index contributed by atoms with van der Waals surface area (Å²) in [5.41, 5.74) is 1.05.